The van der Waals surface area contributed by atoms with Gasteiger partial charge in [0.05, 0.1) is 87.8 Å². The van der Waals surface area contributed by atoms with Crippen LogP contribution in [0.4, 0.5) is 34.1 Å². The highest BCUT2D eigenvalue weighted by molar-refractivity contribution is 6.14. The molecule has 0 radical (unpaired) electrons. The first kappa shape index (κ1) is 78.8. The zero-order valence-corrected chi connectivity index (χ0v) is 72.7. The summed E-state index contributed by atoms with van der Waals surface area (Å²) in [6.07, 6.45) is 0. The second-order valence-corrected chi connectivity index (χ2v) is 33.9. The van der Waals surface area contributed by atoms with Gasteiger partial charge in [-0.05, 0) is 210 Å². The van der Waals surface area contributed by atoms with Gasteiger partial charge < -0.3 is 41.3 Å². The smallest absolute Gasteiger partial charge is 0.202 e. The summed E-state index contributed by atoms with van der Waals surface area (Å²) < 4.78 is 28.6. The van der Waals surface area contributed by atoms with E-state index in [1.54, 1.807) is 0 Å². The second kappa shape index (κ2) is 32.7. The van der Waals surface area contributed by atoms with Crippen molar-refractivity contribution in [1.82, 2.24) is 18.3 Å². The second-order valence-electron chi connectivity index (χ2n) is 33.9. The van der Waals surface area contributed by atoms with Crippen molar-refractivity contribution in [2.75, 3.05) is 9.80 Å². The molecular weight excluding hydrogens is 1660 g/mol. The summed E-state index contributed by atoms with van der Waals surface area (Å²) in [4.78, 5) is 46.9. The maximum absolute atomic E-state index is 14.2. The number of anilines is 6. The lowest BCUT2D eigenvalue weighted by molar-refractivity contribution is 0.659. The van der Waals surface area contributed by atoms with E-state index in [1.165, 1.54) is 43.4 Å². The Hall–Kier alpha value is -18.4. The van der Waals surface area contributed by atoms with Crippen LogP contribution in [-0.2, 0) is 0 Å². The molecule has 0 fully saturated rings. The number of aromatic nitrogens is 4. The Morgan fingerprint density at radius 1 is 0.178 bits per heavy atom. The van der Waals surface area contributed by atoms with Crippen molar-refractivity contribution in [3.63, 3.8) is 0 Å². The summed E-state index contributed by atoms with van der Waals surface area (Å²) in [6, 6.07) is 160. The highest BCUT2D eigenvalue weighted by Gasteiger charge is 2.26. The monoisotopic (exact) mass is 1730 g/mol. The summed E-state index contributed by atoms with van der Waals surface area (Å²) in [5, 5.41) is 13.0. The molecule has 12 nitrogen and oxygen atoms in total. The van der Waals surface area contributed by atoms with Gasteiger partial charge in [-0.25, -0.2) is 0 Å². The molecule has 7 heterocycles. The first-order chi connectivity index (χ1) is 66.8. The fraction of sp³-hybridized carbons (Fsp3) is 0. The minimum absolute atomic E-state index is 0.0309. The Labute approximate surface area is 772 Å². The lowest BCUT2D eigenvalue weighted by atomic mass is 9.98. The molecule has 0 aliphatic carbocycles. The van der Waals surface area contributed by atoms with Crippen LogP contribution in [0.3, 0.4) is 0 Å². The third kappa shape index (κ3) is 13.3. The molecule has 0 unspecified atom stereocenters. The highest BCUT2D eigenvalue weighted by atomic mass is 16.3. The molecule has 636 valence electrons. The Bertz CT molecular complexity index is 9300. The molecule has 0 saturated carbocycles. The van der Waals surface area contributed by atoms with E-state index in [0.717, 1.165) is 123 Å². The number of hydrogen-bond donors (Lipinski definition) is 0. The molecule has 0 saturated heterocycles. The molecule has 0 bridgehead atoms. The number of rotatable bonds is 12. The normalized spacial score (nSPS) is 11.6. The molecule has 135 heavy (non-hydrogen) atoms. The van der Waals surface area contributed by atoms with Gasteiger partial charge in [0.15, 0.2) is 0 Å². The van der Waals surface area contributed by atoms with Crippen LogP contribution in [0, 0.1) is 0 Å². The van der Waals surface area contributed by atoms with E-state index in [4.69, 9.17) is 13.3 Å². The fourth-order valence-corrected chi connectivity index (χ4v) is 20.3. The van der Waals surface area contributed by atoms with Gasteiger partial charge in [-0.15, -0.1) is 0 Å². The van der Waals surface area contributed by atoms with E-state index in [9.17, 15) is 14.4 Å². The molecule has 0 spiro atoms. The molecule has 20 aromatic carbocycles. The molecule has 7 aromatic heterocycles. The zero-order chi connectivity index (χ0) is 89.7. The molecule has 0 amide bonds. The predicted octanol–water partition coefficient (Wildman–Crippen LogP) is 31.5. The highest BCUT2D eigenvalue weighted by Crippen LogP contribution is 2.45. The Morgan fingerprint density at radius 3 is 0.919 bits per heavy atom. The number of para-hydroxylation sites is 12. The van der Waals surface area contributed by atoms with Crippen LogP contribution in [0.15, 0.2) is 501 Å². The summed E-state index contributed by atoms with van der Waals surface area (Å²) in [5.74, 6) is 0. The van der Waals surface area contributed by atoms with Crippen molar-refractivity contribution in [2.45, 2.75) is 0 Å². The third-order valence-electron chi connectivity index (χ3n) is 26.3. The first-order valence-corrected chi connectivity index (χ1v) is 45.2. The number of nitrogens with zero attached hydrogens (tertiary/aromatic N) is 6. The van der Waals surface area contributed by atoms with E-state index in [2.05, 4.69) is 283 Å². The Morgan fingerprint density at radius 2 is 0.481 bits per heavy atom. The minimum Gasteiger partial charge on any atom is -0.456 e. The van der Waals surface area contributed by atoms with Crippen LogP contribution in [0.25, 0.3) is 198 Å². The van der Waals surface area contributed by atoms with Crippen molar-refractivity contribution in [2.24, 2.45) is 0 Å². The number of hydrogen-bond acceptors (Lipinski definition) is 8. The van der Waals surface area contributed by atoms with Gasteiger partial charge >= 0.3 is 0 Å². The van der Waals surface area contributed by atoms with Crippen molar-refractivity contribution in [3.8, 4) is 45.0 Å². The molecule has 0 aliphatic heterocycles. The van der Waals surface area contributed by atoms with Gasteiger partial charge in [0, 0.05) is 101 Å². The zero-order valence-electron chi connectivity index (χ0n) is 72.7. The standard InChI is InChI=1S/C49H30N2O2.C37H22N2O2.C37H26N2O2/c52-49-41-29-24-33(31-20-25-34(26-21-31)50-42-15-5-1-10-37(42)38-11-2-6-16-43(38)50)30-47(41)53-46-19-9-14-36(48(46)49)32-22-27-35(28-23-32)51-44-17-7-3-12-39(44)40-13-4-8-18-45(40)51;40-37-28-21-20-23(38-29-14-5-1-10-24(29)25-11-2-6-15-30(25)38)22-35(28)41-34-19-9-18-33(36(34)37)39-31-16-7-3-12-26(31)27-13-4-8-17-32(27)39;40-37-32-25-24-31(38(27-14-5-1-6-15-27)28-16-7-2-8-17-28)26-35(32)41-34-23-13-22-33(36(34)37)39(29-18-9-3-10-19-29)30-20-11-4-12-21-30/h1-30H;1-22H;1-26H. The average Bonchev–Trinajstić information content (AvgIpc) is 1.74. The molecule has 27 rings (SSSR count). The van der Waals surface area contributed by atoms with E-state index in [1.807, 2.05) is 218 Å². The van der Waals surface area contributed by atoms with Crippen LogP contribution >= 0.6 is 0 Å². The van der Waals surface area contributed by atoms with Crippen LogP contribution in [0.2, 0.25) is 0 Å². The van der Waals surface area contributed by atoms with E-state index in [0.29, 0.717) is 65.8 Å². The molecule has 12 heteroatoms. The van der Waals surface area contributed by atoms with Crippen molar-refractivity contribution in [1.29, 1.82) is 0 Å². The fourth-order valence-electron chi connectivity index (χ4n) is 20.3. The number of fused-ring (bicyclic) bond motifs is 18. The topological polar surface area (TPSA) is 117 Å². The van der Waals surface area contributed by atoms with Gasteiger partial charge in [0.2, 0.25) is 16.3 Å². The van der Waals surface area contributed by atoms with Crippen LogP contribution in [-0.4, -0.2) is 18.3 Å². The predicted molar refractivity (Wildman–Crippen MR) is 558 cm³/mol. The third-order valence-corrected chi connectivity index (χ3v) is 26.3. The lowest BCUT2D eigenvalue weighted by Gasteiger charge is -2.26. The lowest BCUT2D eigenvalue weighted by Crippen LogP contribution is -2.14. The quantitative estimate of drug-likeness (QED) is 0.111. The van der Waals surface area contributed by atoms with Gasteiger partial charge in [-0.3, -0.25) is 14.4 Å². The summed E-state index contributed by atoms with van der Waals surface area (Å²) in [7, 11) is 0. The van der Waals surface area contributed by atoms with E-state index < -0.39 is 0 Å². The minimum atomic E-state index is -0.0637. The van der Waals surface area contributed by atoms with Crippen molar-refractivity contribution in [3.05, 3.63) is 504 Å². The average molecular weight is 1740 g/mol. The maximum atomic E-state index is 14.2. The summed E-state index contributed by atoms with van der Waals surface area (Å²) >= 11 is 0. The van der Waals surface area contributed by atoms with Gasteiger partial charge in [0.25, 0.3) is 0 Å². The van der Waals surface area contributed by atoms with Gasteiger partial charge in [-0.2, -0.15) is 0 Å². The largest absolute Gasteiger partial charge is 0.456 e. The summed E-state index contributed by atoms with van der Waals surface area (Å²) in [6.45, 7) is 0. The first-order valence-electron chi connectivity index (χ1n) is 45.2. The van der Waals surface area contributed by atoms with Crippen molar-refractivity contribution >= 4 is 187 Å². The van der Waals surface area contributed by atoms with E-state index >= 15 is 0 Å². The molecule has 0 N–H and O–H groups in total. The number of benzene rings is 20. The van der Waals surface area contributed by atoms with Crippen LogP contribution < -0.4 is 26.1 Å². The maximum Gasteiger partial charge on any atom is 0.202 e. The molecule has 0 atom stereocenters. The van der Waals surface area contributed by atoms with Crippen LogP contribution in [0.5, 0.6) is 0 Å². The Balaban J connectivity index is 0.000000109. The van der Waals surface area contributed by atoms with Crippen molar-refractivity contribution < 1.29 is 13.3 Å². The van der Waals surface area contributed by atoms with E-state index in [-0.39, 0.29) is 16.3 Å². The van der Waals surface area contributed by atoms with Gasteiger partial charge in [-0.1, -0.05) is 273 Å². The molecule has 0 aliphatic rings. The Kier molecular flexibility index (Phi) is 19.1. The SMILES string of the molecule is O=c1c2ccc(-c3ccc(-n4c5ccccc5c5ccccc54)cc3)cc2oc2cccc(-c3ccc(-n4c5ccccc5c5ccccc54)cc3)c12.O=c1c2ccc(-n3c4ccccc4c4ccccc43)cc2oc2cccc(-n3c4ccccc4c4ccccc43)c12.O=c1c2ccc(N(c3ccccc3)c3ccccc3)cc2oc2cccc(N(c3ccccc3)c3ccccc3)c12. The van der Waals surface area contributed by atoms with Gasteiger partial charge in [0.1, 0.15) is 33.5 Å². The molecular formula is C123H78N6O6. The molecule has 27 aromatic rings. The summed E-state index contributed by atoms with van der Waals surface area (Å²) in [5.41, 5.74) is 25.7. The van der Waals surface area contributed by atoms with Crippen LogP contribution in [0.1, 0.15) is 0 Å².